The molecular weight excluding hydrogens is 476 g/mol. The second kappa shape index (κ2) is 11.4. The van der Waals surface area contributed by atoms with Crippen LogP contribution in [-0.2, 0) is 16.0 Å². The zero-order valence-electron chi connectivity index (χ0n) is 21.4. The average Bonchev–Trinajstić information content (AvgIpc) is 3.70. The maximum Gasteiger partial charge on any atom is 0.260 e. The van der Waals surface area contributed by atoms with Crippen molar-refractivity contribution < 1.29 is 18.4 Å². The molecule has 3 aliphatic rings. The van der Waals surface area contributed by atoms with Gasteiger partial charge in [0, 0.05) is 31.6 Å². The molecule has 0 aromatic heterocycles. The molecule has 7 nitrogen and oxygen atoms in total. The molecule has 0 bridgehead atoms. The summed E-state index contributed by atoms with van der Waals surface area (Å²) >= 11 is 0. The second-order valence-corrected chi connectivity index (χ2v) is 9.99. The molecule has 1 saturated carbocycles. The number of carbonyl (C=O) groups is 2. The Morgan fingerprint density at radius 3 is 2.76 bits per heavy atom. The maximum absolute atomic E-state index is 13.7. The molecule has 37 heavy (non-hydrogen) atoms. The smallest absolute Gasteiger partial charge is 0.260 e. The molecule has 4 rings (SSSR count). The van der Waals surface area contributed by atoms with Gasteiger partial charge in [-0.2, -0.15) is 0 Å². The van der Waals surface area contributed by atoms with Crippen LogP contribution >= 0.6 is 0 Å². The first-order valence-corrected chi connectivity index (χ1v) is 13.0. The van der Waals surface area contributed by atoms with E-state index >= 15 is 0 Å². The van der Waals surface area contributed by atoms with E-state index in [4.69, 9.17) is 5.41 Å². The van der Waals surface area contributed by atoms with E-state index < -0.39 is 17.9 Å². The lowest BCUT2D eigenvalue weighted by atomic mass is 9.82. The predicted octanol–water partition coefficient (Wildman–Crippen LogP) is 4.30. The lowest BCUT2D eigenvalue weighted by molar-refractivity contribution is -0.132. The standard InChI is InChI=1S/C28H35F2N5O2/c1-3-19(16-32-2)20-6-4-5-18(13-20)14-25(36)34-24-15-22(9-10-23(33-24)26(29)30)35-12-11-28(17-31,27(35)37)21-7-8-21/h4-6,13,15-17,21,23,26,31-32H,3,7-12,14H2,1-2H3,(H,33,34,36)/b19-16+,31-17?. The number of nitrogens with one attached hydrogen (secondary N) is 3. The Bertz CT molecular complexity index is 1140. The van der Waals surface area contributed by atoms with Crippen LogP contribution < -0.4 is 10.6 Å². The third-order valence-corrected chi connectivity index (χ3v) is 7.53. The number of carbonyl (C=O) groups excluding carboxylic acids is 2. The largest absolute Gasteiger partial charge is 0.394 e. The van der Waals surface area contributed by atoms with Gasteiger partial charge in [0.15, 0.2) is 0 Å². The molecular formula is C28H35F2N5O2. The van der Waals surface area contributed by atoms with E-state index in [9.17, 15) is 18.4 Å². The minimum atomic E-state index is -2.68. The van der Waals surface area contributed by atoms with Crippen molar-refractivity contribution in [3.8, 4) is 0 Å². The average molecular weight is 512 g/mol. The van der Waals surface area contributed by atoms with Crippen LogP contribution in [0.25, 0.3) is 5.57 Å². The Hall–Kier alpha value is -3.36. The van der Waals surface area contributed by atoms with E-state index in [1.165, 1.54) is 6.21 Å². The number of nitrogens with zero attached hydrogens (tertiary/aromatic N) is 2. The summed E-state index contributed by atoms with van der Waals surface area (Å²) in [6.45, 7) is 2.49. The molecule has 2 fully saturated rings. The van der Waals surface area contributed by atoms with Gasteiger partial charge in [-0.3, -0.25) is 14.6 Å². The minimum absolute atomic E-state index is 0.0508. The third kappa shape index (κ3) is 5.81. The lowest BCUT2D eigenvalue weighted by Gasteiger charge is -2.25. The van der Waals surface area contributed by atoms with Crippen molar-refractivity contribution in [2.45, 2.75) is 64.3 Å². The van der Waals surface area contributed by atoms with Crippen LogP contribution in [0.4, 0.5) is 8.78 Å². The normalized spacial score (nSPS) is 24.5. The van der Waals surface area contributed by atoms with Crippen molar-refractivity contribution in [1.82, 2.24) is 15.5 Å². The number of alkyl halides is 2. The highest BCUT2D eigenvalue weighted by molar-refractivity contribution is 6.06. The number of amidine groups is 1. The fourth-order valence-corrected chi connectivity index (χ4v) is 5.35. The molecule has 0 spiro atoms. The second-order valence-electron chi connectivity index (χ2n) is 9.99. The molecule has 3 N–H and O–H groups in total. The molecule has 2 heterocycles. The number of allylic oxidation sites excluding steroid dienone is 2. The first-order chi connectivity index (χ1) is 17.8. The van der Waals surface area contributed by atoms with Gasteiger partial charge >= 0.3 is 0 Å². The van der Waals surface area contributed by atoms with Crippen molar-refractivity contribution in [3.63, 3.8) is 0 Å². The Kier molecular flexibility index (Phi) is 8.19. The van der Waals surface area contributed by atoms with Crippen molar-refractivity contribution in [2.75, 3.05) is 13.6 Å². The molecule has 0 radical (unpaired) electrons. The minimum Gasteiger partial charge on any atom is -0.394 e. The van der Waals surface area contributed by atoms with Gasteiger partial charge in [0.1, 0.15) is 11.9 Å². The maximum atomic E-state index is 13.7. The summed E-state index contributed by atoms with van der Waals surface area (Å²) in [6, 6.07) is 6.40. The van der Waals surface area contributed by atoms with Crippen LogP contribution in [0.5, 0.6) is 0 Å². The Morgan fingerprint density at radius 2 is 2.11 bits per heavy atom. The summed E-state index contributed by atoms with van der Waals surface area (Å²) in [5.41, 5.74) is 2.69. The summed E-state index contributed by atoms with van der Waals surface area (Å²) < 4.78 is 27.4. The molecule has 2 aliphatic heterocycles. The molecule has 1 saturated heterocycles. The fraction of sp³-hybridized carbons (Fsp3) is 0.500. The van der Waals surface area contributed by atoms with E-state index in [-0.39, 0.29) is 42.8 Å². The van der Waals surface area contributed by atoms with Gasteiger partial charge < -0.3 is 20.9 Å². The number of hydrogen-bond donors (Lipinski definition) is 3. The van der Waals surface area contributed by atoms with Crippen LogP contribution in [0.2, 0.25) is 0 Å². The van der Waals surface area contributed by atoms with Crippen molar-refractivity contribution in [3.05, 3.63) is 53.4 Å². The Labute approximate surface area is 216 Å². The fourth-order valence-electron chi connectivity index (χ4n) is 5.35. The number of halogens is 2. The summed E-state index contributed by atoms with van der Waals surface area (Å²) in [4.78, 5) is 32.0. The number of amides is 2. The number of benzene rings is 1. The van der Waals surface area contributed by atoms with Gasteiger partial charge in [-0.1, -0.05) is 31.2 Å². The first kappa shape index (κ1) is 26.7. The molecule has 198 valence electrons. The van der Waals surface area contributed by atoms with Gasteiger partial charge in [-0.15, -0.1) is 0 Å². The van der Waals surface area contributed by atoms with Crippen LogP contribution in [0.3, 0.4) is 0 Å². The Morgan fingerprint density at radius 1 is 1.32 bits per heavy atom. The van der Waals surface area contributed by atoms with Gasteiger partial charge in [0.2, 0.25) is 11.8 Å². The van der Waals surface area contributed by atoms with Crippen molar-refractivity contribution >= 4 is 29.4 Å². The highest BCUT2D eigenvalue weighted by atomic mass is 19.3. The van der Waals surface area contributed by atoms with Crippen molar-refractivity contribution in [1.29, 1.82) is 5.41 Å². The molecule has 9 heteroatoms. The SMILES string of the molecule is CC/C(=C\NC)c1cccc(CC(=O)NC2=NC(C(F)F)CCC(N3CCC(C=N)(C4CC4)C3=O)=C2)c1. The van der Waals surface area contributed by atoms with E-state index in [0.29, 0.717) is 18.7 Å². The van der Waals surface area contributed by atoms with E-state index in [1.807, 2.05) is 37.5 Å². The zero-order valence-corrected chi connectivity index (χ0v) is 21.4. The highest BCUT2D eigenvalue weighted by Crippen LogP contribution is 2.51. The van der Waals surface area contributed by atoms with E-state index in [1.54, 1.807) is 11.0 Å². The first-order valence-electron chi connectivity index (χ1n) is 13.0. The molecule has 1 aromatic rings. The monoisotopic (exact) mass is 511 g/mol. The number of rotatable bonds is 9. The van der Waals surface area contributed by atoms with Gasteiger partial charge in [-0.05, 0) is 67.3 Å². The van der Waals surface area contributed by atoms with Gasteiger partial charge in [-0.25, -0.2) is 8.78 Å². The summed E-state index contributed by atoms with van der Waals surface area (Å²) in [5, 5.41) is 13.7. The molecule has 2 amide bonds. The Balaban J connectivity index is 1.52. The van der Waals surface area contributed by atoms with Crippen LogP contribution in [0.15, 0.2) is 47.2 Å². The molecule has 2 atom stereocenters. The summed E-state index contributed by atoms with van der Waals surface area (Å²) in [7, 11) is 1.83. The number of aliphatic imine (C=N–C) groups is 1. The highest BCUT2D eigenvalue weighted by Gasteiger charge is 2.55. The van der Waals surface area contributed by atoms with Gasteiger partial charge in [0.05, 0.1) is 11.8 Å². The van der Waals surface area contributed by atoms with Crippen molar-refractivity contribution in [2.24, 2.45) is 16.3 Å². The number of likely N-dealkylation sites (tertiary alicyclic amines) is 1. The van der Waals surface area contributed by atoms with E-state index in [2.05, 4.69) is 22.5 Å². The zero-order chi connectivity index (χ0) is 26.6. The number of hydrogen-bond acceptors (Lipinski definition) is 5. The van der Waals surface area contributed by atoms with Crippen LogP contribution in [-0.4, -0.2) is 54.8 Å². The lowest BCUT2D eigenvalue weighted by Crippen LogP contribution is -2.37. The quantitative estimate of drug-likeness (QED) is 0.431. The van der Waals surface area contributed by atoms with Crippen LogP contribution in [0, 0.1) is 16.7 Å². The van der Waals surface area contributed by atoms with Gasteiger partial charge in [0.25, 0.3) is 6.43 Å². The molecule has 1 aromatic carbocycles. The summed E-state index contributed by atoms with van der Waals surface area (Å²) in [6.07, 6.45) is 5.70. The third-order valence-electron chi connectivity index (χ3n) is 7.53. The summed E-state index contributed by atoms with van der Waals surface area (Å²) in [5.74, 6) is -0.274. The van der Waals surface area contributed by atoms with Crippen LogP contribution in [0.1, 0.15) is 56.6 Å². The molecule has 1 aliphatic carbocycles. The van der Waals surface area contributed by atoms with E-state index in [0.717, 1.165) is 36.0 Å². The molecule has 2 unspecified atom stereocenters. The topological polar surface area (TPSA) is 97.7 Å². The predicted molar refractivity (Wildman–Crippen MR) is 140 cm³/mol.